The van der Waals surface area contributed by atoms with E-state index in [4.69, 9.17) is 4.74 Å². The quantitative estimate of drug-likeness (QED) is 0.789. The zero-order chi connectivity index (χ0) is 17.2. The average molecular weight is 338 g/mol. The molecule has 1 amide bonds. The fourth-order valence-electron chi connectivity index (χ4n) is 4.67. The van der Waals surface area contributed by atoms with Gasteiger partial charge in [-0.25, -0.2) is 0 Å². The van der Waals surface area contributed by atoms with Crippen molar-refractivity contribution in [2.45, 2.75) is 70.6 Å². The predicted octanol–water partition coefficient (Wildman–Crippen LogP) is 1.96. The van der Waals surface area contributed by atoms with E-state index < -0.39 is 0 Å². The smallest absolute Gasteiger partial charge is 0.222 e. The van der Waals surface area contributed by atoms with E-state index in [-0.39, 0.29) is 5.60 Å². The minimum absolute atomic E-state index is 0.0304. The maximum absolute atomic E-state index is 11.9. The molecule has 1 spiro atoms. The third kappa shape index (κ3) is 3.94. The largest absolute Gasteiger partial charge is 0.375 e. The lowest BCUT2D eigenvalue weighted by molar-refractivity contribution is -0.150. The van der Waals surface area contributed by atoms with E-state index >= 15 is 0 Å². The van der Waals surface area contributed by atoms with Gasteiger partial charge in [-0.05, 0) is 39.5 Å². The third-order valence-electron chi connectivity index (χ3n) is 6.39. The number of carbonyl (C=O) groups is 1. The summed E-state index contributed by atoms with van der Waals surface area (Å²) in [5.41, 5.74) is 0.0304. The molecule has 0 N–H and O–H groups in total. The number of rotatable bonds is 3. The van der Waals surface area contributed by atoms with Crippen LogP contribution in [0.4, 0.5) is 0 Å². The van der Waals surface area contributed by atoms with E-state index in [1.807, 2.05) is 11.8 Å². The Morgan fingerprint density at radius 3 is 2.38 bits per heavy atom. The topological polar surface area (TPSA) is 36.0 Å². The highest BCUT2D eigenvalue weighted by atomic mass is 16.5. The first-order valence-corrected chi connectivity index (χ1v) is 9.93. The molecule has 1 atom stereocenters. The van der Waals surface area contributed by atoms with E-state index in [9.17, 15) is 4.79 Å². The van der Waals surface area contributed by atoms with Crippen molar-refractivity contribution in [2.24, 2.45) is 0 Å². The van der Waals surface area contributed by atoms with Gasteiger partial charge in [0, 0.05) is 64.4 Å². The molecule has 3 fully saturated rings. The van der Waals surface area contributed by atoms with Gasteiger partial charge in [-0.15, -0.1) is 0 Å². The van der Waals surface area contributed by atoms with Crippen LogP contribution in [0, 0.1) is 0 Å². The van der Waals surface area contributed by atoms with Crippen LogP contribution in [0.1, 0.15) is 52.9 Å². The maximum Gasteiger partial charge on any atom is 0.222 e. The fourth-order valence-corrected chi connectivity index (χ4v) is 4.67. The molecule has 3 heterocycles. The van der Waals surface area contributed by atoms with Crippen molar-refractivity contribution in [3.05, 3.63) is 0 Å². The summed E-state index contributed by atoms with van der Waals surface area (Å²) < 4.78 is 6.27. The van der Waals surface area contributed by atoms with E-state index in [1.54, 1.807) is 0 Å². The summed E-state index contributed by atoms with van der Waals surface area (Å²) in [5.74, 6) is 0.294. The molecule has 5 heteroatoms. The Hall–Kier alpha value is -0.650. The Balaban J connectivity index is 1.53. The van der Waals surface area contributed by atoms with Crippen LogP contribution in [0.2, 0.25) is 0 Å². The third-order valence-corrected chi connectivity index (χ3v) is 6.39. The van der Waals surface area contributed by atoms with Crippen molar-refractivity contribution >= 4 is 5.91 Å². The van der Waals surface area contributed by atoms with Crippen LogP contribution >= 0.6 is 0 Å². The molecule has 3 saturated heterocycles. The molecule has 3 rings (SSSR count). The standard InChI is InChI=1S/C19H35N3O2/c1-4-18(23)22-8-6-19(7-9-22)15-17(5-14-24-19)21-12-10-20(11-13-21)16(2)3/h16-17H,4-15H2,1-3H3. The van der Waals surface area contributed by atoms with Crippen molar-refractivity contribution in [1.82, 2.24) is 14.7 Å². The Kier molecular flexibility index (Phi) is 5.83. The van der Waals surface area contributed by atoms with Gasteiger partial charge in [-0.2, -0.15) is 0 Å². The number of amides is 1. The van der Waals surface area contributed by atoms with Crippen LogP contribution in [-0.4, -0.2) is 84.2 Å². The highest BCUT2D eigenvalue weighted by Crippen LogP contribution is 2.37. The molecule has 24 heavy (non-hydrogen) atoms. The predicted molar refractivity (Wildman–Crippen MR) is 96.1 cm³/mol. The summed E-state index contributed by atoms with van der Waals surface area (Å²) >= 11 is 0. The van der Waals surface area contributed by atoms with Crippen molar-refractivity contribution in [2.75, 3.05) is 45.9 Å². The Morgan fingerprint density at radius 1 is 1.12 bits per heavy atom. The van der Waals surface area contributed by atoms with Gasteiger partial charge in [0.25, 0.3) is 0 Å². The lowest BCUT2D eigenvalue weighted by Gasteiger charge is -2.50. The summed E-state index contributed by atoms with van der Waals surface area (Å²) in [5, 5.41) is 0. The van der Waals surface area contributed by atoms with Gasteiger partial charge in [0.05, 0.1) is 5.60 Å². The van der Waals surface area contributed by atoms with Gasteiger partial charge >= 0.3 is 0 Å². The normalized spacial score (nSPS) is 29.3. The highest BCUT2D eigenvalue weighted by Gasteiger charge is 2.42. The lowest BCUT2D eigenvalue weighted by Crippen LogP contribution is -2.58. The van der Waals surface area contributed by atoms with Crippen molar-refractivity contribution < 1.29 is 9.53 Å². The molecule has 0 aromatic rings. The molecule has 0 saturated carbocycles. The van der Waals surface area contributed by atoms with Crippen LogP contribution < -0.4 is 0 Å². The second-order valence-electron chi connectivity index (χ2n) is 8.08. The van der Waals surface area contributed by atoms with Crippen molar-refractivity contribution in [1.29, 1.82) is 0 Å². The molecule has 3 aliphatic heterocycles. The molecule has 138 valence electrons. The van der Waals surface area contributed by atoms with E-state index in [2.05, 4.69) is 23.6 Å². The van der Waals surface area contributed by atoms with Crippen molar-refractivity contribution in [3.8, 4) is 0 Å². The molecular weight excluding hydrogens is 302 g/mol. The molecule has 5 nitrogen and oxygen atoms in total. The van der Waals surface area contributed by atoms with Crippen LogP contribution in [0.15, 0.2) is 0 Å². The number of hydrogen-bond donors (Lipinski definition) is 0. The first-order valence-electron chi connectivity index (χ1n) is 9.93. The SMILES string of the molecule is CCC(=O)N1CCC2(CC1)CC(N1CCN(C(C)C)CC1)CCO2. The number of piperazine rings is 1. The first kappa shape index (κ1) is 18.2. The number of ether oxygens (including phenoxy) is 1. The van der Waals surface area contributed by atoms with Gasteiger partial charge in [0.1, 0.15) is 0 Å². The van der Waals surface area contributed by atoms with E-state index in [0.29, 0.717) is 24.4 Å². The van der Waals surface area contributed by atoms with Crippen molar-refractivity contribution in [3.63, 3.8) is 0 Å². The van der Waals surface area contributed by atoms with Gasteiger partial charge in [0.15, 0.2) is 0 Å². The number of piperidine rings is 1. The van der Waals surface area contributed by atoms with Crippen LogP contribution in [0.3, 0.4) is 0 Å². The fraction of sp³-hybridized carbons (Fsp3) is 0.947. The van der Waals surface area contributed by atoms with Gasteiger partial charge in [-0.1, -0.05) is 6.92 Å². The van der Waals surface area contributed by atoms with Gasteiger partial charge in [0.2, 0.25) is 5.91 Å². The number of carbonyl (C=O) groups excluding carboxylic acids is 1. The van der Waals surface area contributed by atoms with Gasteiger partial charge in [-0.3, -0.25) is 14.6 Å². The summed E-state index contributed by atoms with van der Waals surface area (Å²) in [7, 11) is 0. The second kappa shape index (κ2) is 7.71. The minimum Gasteiger partial charge on any atom is -0.375 e. The maximum atomic E-state index is 11.9. The summed E-state index contributed by atoms with van der Waals surface area (Å²) in [6.07, 6.45) is 4.98. The number of hydrogen-bond acceptors (Lipinski definition) is 4. The molecule has 0 aliphatic carbocycles. The minimum atomic E-state index is 0.0304. The van der Waals surface area contributed by atoms with Crippen LogP contribution in [0.25, 0.3) is 0 Å². The number of likely N-dealkylation sites (tertiary alicyclic amines) is 1. The molecular formula is C19H35N3O2. The van der Waals surface area contributed by atoms with E-state index in [0.717, 1.165) is 39.0 Å². The molecule has 0 bridgehead atoms. The first-order chi connectivity index (χ1) is 11.5. The van der Waals surface area contributed by atoms with Crippen LogP contribution in [-0.2, 0) is 9.53 Å². The lowest BCUT2D eigenvalue weighted by atomic mass is 9.81. The average Bonchev–Trinajstić information content (AvgIpc) is 2.62. The summed E-state index contributed by atoms with van der Waals surface area (Å²) in [6.45, 7) is 14.0. The summed E-state index contributed by atoms with van der Waals surface area (Å²) in [4.78, 5) is 19.2. The van der Waals surface area contributed by atoms with E-state index in [1.165, 1.54) is 32.6 Å². The zero-order valence-corrected chi connectivity index (χ0v) is 15.8. The Morgan fingerprint density at radius 2 is 1.79 bits per heavy atom. The second-order valence-corrected chi connectivity index (χ2v) is 8.08. The molecule has 0 aromatic heterocycles. The number of nitrogens with zero attached hydrogens (tertiary/aromatic N) is 3. The Bertz CT molecular complexity index is 424. The highest BCUT2D eigenvalue weighted by molar-refractivity contribution is 5.75. The monoisotopic (exact) mass is 337 g/mol. The summed E-state index contributed by atoms with van der Waals surface area (Å²) in [6, 6.07) is 1.33. The van der Waals surface area contributed by atoms with Gasteiger partial charge < -0.3 is 9.64 Å². The molecule has 3 aliphatic rings. The zero-order valence-electron chi connectivity index (χ0n) is 15.8. The molecule has 0 aromatic carbocycles. The molecule has 1 unspecified atom stereocenters. The molecule has 0 radical (unpaired) electrons. The Labute approximate surface area is 147 Å². The van der Waals surface area contributed by atoms with Crippen LogP contribution in [0.5, 0.6) is 0 Å².